The first kappa shape index (κ1) is 21.4. The van der Waals surface area contributed by atoms with Gasteiger partial charge in [-0.1, -0.05) is 19.4 Å². The number of hydrogen-bond acceptors (Lipinski definition) is 5. The number of rotatable bonds is 7. The smallest absolute Gasteiger partial charge is 0.295 e. The van der Waals surface area contributed by atoms with E-state index in [4.69, 9.17) is 4.74 Å². The van der Waals surface area contributed by atoms with Gasteiger partial charge in [0.05, 0.1) is 18.2 Å². The van der Waals surface area contributed by atoms with Gasteiger partial charge in [-0.2, -0.15) is 0 Å². The predicted molar refractivity (Wildman–Crippen MR) is 110 cm³/mol. The van der Waals surface area contributed by atoms with E-state index in [1.165, 1.54) is 35.2 Å². The fraction of sp³-hybridized carbons (Fsp3) is 0.304. The Hall–Kier alpha value is -3.35. The molecule has 158 valence electrons. The van der Waals surface area contributed by atoms with Gasteiger partial charge in [0.15, 0.2) is 11.5 Å². The number of halogens is 1. The first-order valence-corrected chi connectivity index (χ1v) is 9.89. The molecule has 1 heterocycles. The lowest BCUT2D eigenvalue weighted by Gasteiger charge is -2.25. The number of aliphatic hydroxyl groups is 1. The normalized spacial score (nSPS) is 18.1. The van der Waals surface area contributed by atoms with E-state index < -0.39 is 23.5 Å². The highest BCUT2D eigenvalue weighted by atomic mass is 19.1. The molecule has 3 rings (SSSR count). The molecule has 0 aliphatic carbocycles. The number of amides is 1. The van der Waals surface area contributed by atoms with E-state index in [1.807, 2.05) is 6.92 Å². The lowest BCUT2D eigenvalue weighted by atomic mass is 9.95. The summed E-state index contributed by atoms with van der Waals surface area (Å²) in [5.74, 6) is -2.20. The fourth-order valence-corrected chi connectivity index (χ4v) is 3.52. The zero-order chi connectivity index (χ0) is 21.8. The molecule has 2 aromatic carbocycles. The second kappa shape index (κ2) is 8.98. The Labute approximate surface area is 174 Å². The molecule has 2 N–H and O–H groups in total. The van der Waals surface area contributed by atoms with E-state index >= 15 is 0 Å². The van der Waals surface area contributed by atoms with Crippen molar-refractivity contribution in [3.63, 3.8) is 0 Å². The number of aliphatic hydroxyl groups excluding tert-OH is 1. The van der Waals surface area contributed by atoms with E-state index in [0.29, 0.717) is 25.1 Å². The number of likely N-dealkylation sites (tertiary alicyclic amines) is 1. The van der Waals surface area contributed by atoms with E-state index in [2.05, 4.69) is 0 Å². The molecule has 1 amide bonds. The zero-order valence-corrected chi connectivity index (χ0v) is 16.9. The highest BCUT2D eigenvalue weighted by Crippen LogP contribution is 2.41. The van der Waals surface area contributed by atoms with Gasteiger partial charge < -0.3 is 19.8 Å². The molecule has 6 nitrogen and oxygen atoms in total. The van der Waals surface area contributed by atoms with Gasteiger partial charge in [0.2, 0.25) is 0 Å². The lowest BCUT2D eigenvalue weighted by molar-refractivity contribution is -0.139. The van der Waals surface area contributed by atoms with Gasteiger partial charge >= 0.3 is 0 Å². The Morgan fingerprint density at radius 1 is 1.13 bits per heavy atom. The third kappa shape index (κ3) is 4.01. The third-order valence-corrected chi connectivity index (χ3v) is 5.01. The van der Waals surface area contributed by atoms with Crippen LogP contribution >= 0.6 is 0 Å². The van der Waals surface area contributed by atoms with Crippen LogP contribution in [0.3, 0.4) is 0 Å². The molecule has 1 fully saturated rings. The van der Waals surface area contributed by atoms with Gasteiger partial charge in [-0.05, 0) is 55.3 Å². The van der Waals surface area contributed by atoms with Crippen LogP contribution in [0.2, 0.25) is 0 Å². The third-order valence-electron chi connectivity index (χ3n) is 5.01. The molecular formula is C23H24FNO5. The number of benzene rings is 2. The van der Waals surface area contributed by atoms with Crippen molar-refractivity contribution >= 4 is 17.4 Å². The minimum atomic E-state index is -0.846. The van der Waals surface area contributed by atoms with Crippen LogP contribution in [0, 0.1) is 5.82 Å². The number of hydrogen-bond donors (Lipinski definition) is 2. The first-order chi connectivity index (χ1) is 14.4. The molecule has 0 bridgehead atoms. The number of carbonyl (C=O) groups is 2. The minimum absolute atomic E-state index is 0.0651. The van der Waals surface area contributed by atoms with E-state index in [-0.39, 0.29) is 28.4 Å². The maximum Gasteiger partial charge on any atom is 0.295 e. The van der Waals surface area contributed by atoms with Crippen LogP contribution in [0.25, 0.3) is 5.76 Å². The van der Waals surface area contributed by atoms with Gasteiger partial charge in [0.25, 0.3) is 11.7 Å². The summed E-state index contributed by atoms with van der Waals surface area (Å²) in [7, 11) is 0. The van der Waals surface area contributed by atoms with Crippen molar-refractivity contribution in [2.75, 3.05) is 13.2 Å². The molecule has 1 aliphatic rings. The molecule has 1 atom stereocenters. The van der Waals surface area contributed by atoms with Crippen molar-refractivity contribution in [3.05, 3.63) is 65.0 Å². The van der Waals surface area contributed by atoms with Gasteiger partial charge in [0.1, 0.15) is 11.6 Å². The van der Waals surface area contributed by atoms with Crippen molar-refractivity contribution in [1.82, 2.24) is 4.90 Å². The molecule has 30 heavy (non-hydrogen) atoms. The maximum absolute atomic E-state index is 13.3. The number of phenols is 1. The summed E-state index contributed by atoms with van der Waals surface area (Å²) in [5, 5.41) is 20.9. The van der Waals surface area contributed by atoms with Crippen molar-refractivity contribution < 1.29 is 28.9 Å². The minimum Gasteiger partial charge on any atom is -0.507 e. The number of aromatic hydroxyl groups is 1. The Morgan fingerprint density at radius 3 is 2.47 bits per heavy atom. The van der Waals surface area contributed by atoms with Crippen molar-refractivity contribution in [2.45, 2.75) is 32.7 Å². The van der Waals surface area contributed by atoms with E-state index in [0.717, 1.165) is 6.42 Å². The van der Waals surface area contributed by atoms with Crippen LogP contribution in [-0.2, 0) is 9.59 Å². The monoisotopic (exact) mass is 413 g/mol. The number of phenolic OH excluding ortho intramolecular Hbond substituents is 1. The molecule has 7 heteroatoms. The van der Waals surface area contributed by atoms with Crippen molar-refractivity contribution in [1.29, 1.82) is 0 Å². The number of carbonyl (C=O) groups excluding carboxylic acids is 2. The van der Waals surface area contributed by atoms with E-state index in [1.54, 1.807) is 19.1 Å². The van der Waals surface area contributed by atoms with Crippen LogP contribution in [0.4, 0.5) is 4.39 Å². The van der Waals surface area contributed by atoms with Crippen LogP contribution in [0.1, 0.15) is 43.9 Å². The van der Waals surface area contributed by atoms with Gasteiger partial charge in [-0.3, -0.25) is 9.59 Å². The second-order valence-corrected chi connectivity index (χ2v) is 7.01. The molecule has 0 spiro atoms. The number of nitrogens with zero attached hydrogens (tertiary/aromatic N) is 1. The Balaban J connectivity index is 2.17. The summed E-state index contributed by atoms with van der Waals surface area (Å²) in [4.78, 5) is 27.0. The summed E-state index contributed by atoms with van der Waals surface area (Å²) >= 11 is 0. The van der Waals surface area contributed by atoms with E-state index in [9.17, 15) is 24.2 Å². The number of ether oxygens (including phenoxy) is 1. The number of ketones is 1. The average molecular weight is 413 g/mol. The fourth-order valence-electron chi connectivity index (χ4n) is 3.52. The molecule has 1 saturated heterocycles. The zero-order valence-electron chi connectivity index (χ0n) is 16.9. The SMILES string of the molecule is CCCCN1C(=O)C(=O)/C(=C(\O)c2ccc(F)cc2)C1c1ccc(O)c(OCC)c1. The Bertz CT molecular complexity index is 984. The molecule has 1 aliphatic heterocycles. The van der Waals surface area contributed by atoms with Gasteiger partial charge in [-0.25, -0.2) is 4.39 Å². The molecule has 0 saturated carbocycles. The molecule has 0 radical (unpaired) electrons. The summed E-state index contributed by atoms with van der Waals surface area (Å²) in [6.45, 7) is 4.39. The molecule has 1 unspecified atom stereocenters. The summed E-state index contributed by atoms with van der Waals surface area (Å²) < 4.78 is 18.7. The van der Waals surface area contributed by atoms with Crippen molar-refractivity contribution in [2.24, 2.45) is 0 Å². The number of Topliss-reactive ketones (excluding diaryl/α,β-unsaturated/α-hetero) is 1. The molecule has 0 aromatic heterocycles. The van der Waals surface area contributed by atoms with Gasteiger partial charge in [0, 0.05) is 12.1 Å². The van der Waals surface area contributed by atoms with Gasteiger partial charge in [-0.15, -0.1) is 0 Å². The highest BCUT2D eigenvalue weighted by molar-refractivity contribution is 6.46. The molecule has 2 aromatic rings. The summed E-state index contributed by atoms with van der Waals surface area (Å²) in [6.07, 6.45) is 1.49. The highest BCUT2D eigenvalue weighted by Gasteiger charge is 2.45. The standard InChI is InChI=1S/C23H24FNO5/c1-3-5-12-25-20(15-8-11-17(26)18(13-15)30-4-2)19(22(28)23(25)29)21(27)14-6-9-16(24)10-7-14/h6-11,13,20,26-27H,3-5,12H2,1-2H3/b21-19-. The summed E-state index contributed by atoms with van der Waals surface area (Å²) in [6, 6.07) is 8.78. The maximum atomic E-state index is 13.3. The van der Waals surface area contributed by atoms with Crippen LogP contribution in [0.5, 0.6) is 11.5 Å². The van der Waals surface area contributed by atoms with Crippen molar-refractivity contribution in [3.8, 4) is 11.5 Å². The topological polar surface area (TPSA) is 87.1 Å². The Morgan fingerprint density at radius 2 is 1.83 bits per heavy atom. The predicted octanol–water partition coefficient (Wildman–Crippen LogP) is 4.15. The summed E-state index contributed by atoms with van der Waals surface area (Å²) in [5.41, 5.74) is 0.685. The van der Waals surface area contributed by atoms with Crippen LogP contribution < -0.4 is 4.74 Å². The largest absolute Gasteiger partial charge is 0.507 e. The first-order valence-electron chi connectivity index (χ1n) is 9.89. The Kier molecular flexibility index (Phi) is 6.40. The lowest BCUT2D eigenvalue weighted by Crippen LogP contribution is -2.30. The van der Waals surface area contributed by atoms with Crippen LogP contribution in [-0.4, -0.2) is 40.0 Å². The average Bonchev–Trinajstić information content (AvgIpc) is 2.98. The van der Waals surface area contributed by atoms with Crippen LogP contribution in [0.15, 0.2) is 48.0 Å². The second-order valence-electron chi connectivity index (χ2n) is 7.01. The number of unbranched alkanes of at least 4 members (excludes halogenated alkanes) is 1. The molecular weight excluding hydrogens is 389 g/mol. The quantitative estimate of drug-likeness (QED) is 0.405.